The Labute approximate surface area is 108 Å². The van der Waals surface area contributed by atoms with Crippen molar-refractivity contribution in [1.82, 2.24) is 4.31 Å². The highest BCUT2D eigenvalue weighted by Gasteiger charge is 2.24. The minimum atomic E-state index is -3.61. The number of sulfonamides is 1. The lowest BCUT2D eigenvalue weighted by Gasteiger charge is -2.18. The fourth-order valence-electron chi connectivity index (χ4n) is 1.62. The number of nitrogens with zero attached hydrogens (tertiary/aromatic N) is 2. The molecule has 0 aliphatic heterocycles. The second kappa shape index (κ2) is 5.85. The van der Waals surface area contributed by atoms with Crippen LogP contribution in [0.2, 0.25) is 0 Å². The van der Waals surface area contributed by atoms with E-state index in [0.717, 1.165) is 4.31 Å². The third-order valence-electron chi connectivity index (χ3n) is 2.60. The minimum Gasteiger partial charge on any atom is -0.497 e. The van der Waals surface area contributed by atoms with Crippen molar-refractivity contribution in [2.24, 2.45) is 0 Å². The largest absolute Gasteiger partial charge is 0.497 e. The molecule has 1 aromatic carbocycles. The van der Waals surface area contributed by atoms with Crippen molar-refractivity contribution in [3.63, 3.8) is 0 Å². The van der Waals surface area contributed by atoms with Crippen molar-refractivity contribution in [2.45, 2.75) is 18.7 Å². The highest BCUT2D eigenvalue weighted by Crippen LogP contribution is 2.23. The fourth-order valence-corrected chi connectivity index (χ4v) is 3.17. The first kappa shape index (κ1) is 14.5. The quantitative estimate of drug-likeness (QED) is 0.759. The average Bonchev–Trinajstić information content (AvgIpc) is 2.35. The van der Waals surface area contributed by atoms with Crippen molar-refractivity contribution in [3.8, 4) is 11.8 Å². The predicted molar refractivity (Wildman–Crippen MR) is 67.8 cm³/mol. The maximum Gasteiger partial charge on any atom is 0.244 e. The number of benzene rings is 1. The second-order valence-electron chi connectivity index (χ2n) is 3.72. The summed E-state index contributed by atoms with van der Waals surface area (Å²) in [7, 11) is -2.09. The Hall–Kier alpha value is -1.58. The second-order valence-corrected chi connectivity index (χ2v) is 5.63. The number of hydrogen-bond acceptors (Lipinski definition) is 4. The van der Waals surface area contributed by atoms with Gasteiger partial charge in [-0.1, -0.05) is 6.92 Å². The lowest BCUT2D eigenvalue weighted by molar-refractivity contribution is 0.413. The zero-order valence-electron chi connectivity index (χ0n) is 10.7. The average molecular weight is 268 g/mol. The molecule has 0 aromatic heterocycles. The van der Waals surface area contributed by atoms with E-state index in [9.17, 15) is 8.42 Å². The molecule has 98 valence electrons. The molecule has 18 heavy (non-hydrogen) atoms. The maximum atomic E-state index is 12.3. The maximum absolute atomic E-state index is 12.3. The summed E-state index contributed by atoms with van der Waals surface area (Å²) in [4.78, 5) is 0.209. The van der Waals surface area contributed by atoms with Crippen molar-refractivity contribution < 1.29 is 13.2 Å². The monoisotopic (exact) mass is 268 g/mol. The SMILES string of the molecule is CCN(CC#N)S(=O)(=O)c1ccc(OC)cc1C. The Morgan fingerprint density at radius 1 is 1.44 bits per heavy atom. The zero-order valence-corrected chi connectivity index (χ0v) is 11.5. The summed E-state index contributed by atoms with van der Waals surface area (Å²) < 4.78 is 30.8. The van der Waals surface area contributed by atoms with E-state index in [-0.39, 0.29) is 18.0 Å². The van der Waals surface area contributed by atoms with Crippen LogP contribution in [0, 0.1) is 18.3 Å². The summed E-state index contributed by atoms with van der Waals surface area (Å²) >= 11 is 0. The molecule has 0 spiro atoms. The molecule has 0 heterocycles. The molecule has 0 saturated carbocycles. The Bertz CT molecular complexity index is 561. The first-order valence-electron chi connectivity index (χ1n) is 5.49. The summed E-state index contributed by atoms with van der Waals surface area (Å²) in [6.07, 6.45) is 0. The van der Waals surface area contributed by atoms with Crippen LogP contribution in [0.25, 0.3) is 0 Å². The van der Waals surface area contributed by atoms with Gasteiger partial charge in [-0.15, -0.1) is 0 Å². The number of rotatable bonds is 5. The van der Waals surface area contributed by atoms with E-state index < -0.39 is 10.0 Å². The van der Waals surface area contributed by atoms with E-state index in [1.165, 1.54) is 13.2 Å². The van der Waals surface area contributed by atoms with Crippen LogP contribution in [0.15, 0.2) is 23.1 Å². The molecule has 0 aliphatic carbocycles. The summed E-state index contributed by atoms with van der Waals surface area (Å²) in [5.41, 5.74) is 0.603. The molecule has 6 heteroatoms. The van der Waals surface area contributed by atoms with Crippen LogP contribution in [-0.4, -0.2) is 32.9 Å². The highest BCUT2D eigenvalue weighted by molar-refractivity contribution is 7.89. The highest BCUT2D eigenvalue weighted by atomic mass is 32.2. The topological polar surface area (TPSA) is 70.4 Å². The van der Waals surface area contributed by atoms with Crippen LogP contribution in [0.5, 0.6) is 5.75 Å². The van der Waals surface area contributed by atoms with Crippen molar-refractivity contribution >= 4 is 10.0 Å². The van der Waals surface area contributed by atoms with Gasteiger partial charge >= 0.3 is 0 Å². The van der Waals surface area contributed by atoms with Crippen LogP contribution in [0.4, 0.5) is 0 Å². The molecular weight excluding hydrogens is 252 g/mol. The van der Waals surface area contributed by atoms with E-state index in [1.807, 2.05) is 6.07 Å². The first-order chi connectivity index (χ1) is 8.47. The van der Waals surface area contributed by atoms with Gasteiger partial charge in [0.25, 0.3) is 0 Å². The van der Waals surface area contributed by atoms with Gasteiger partial charge in [0.1, 0.15) is 12.3 Å². The van der Waals surface area contributed by atoms with Gasteiger partial charge in [-0.2, -0.15) is 9.57 Å². The molecule has 1 aromatic rings. The zero-order chi connectivity index (χ0) is 13.8. The first-order valence-corrected chi connectivity index (χ1v) is 6.93. The number of ether oxygens (including phenoxy) is 1. The number of hydrogen-bond donors (Lipinski definition) is 0. The standard InChI is InChI=1S/C12H16N2O3S/c1-4-14(8-7-13)18(15,16)12-6-5-11(17-3)9-10(12)2/h5-6,9H,4,8H2,1-3H3. The molecule has 0 atom stereocenters. The van der Waals surface area contributed by atoms with Gasteiger partial charge in [0.05, 0.1) is 18.1 Å². The van der Waals surface area contributed by atoms with Crippen molar-refractivity contribution in [3.05, 3.63) is 23.8 Å². The molecule has 0 fully saturated rings. The molecule has 5 nitrogen and oxygen atoms in total. The van der Waals surface area contributed by atoms with Gasteiger partial charge in [-0.25, -0.2) is 8.42 Å². The molecule has 0 N–H and O–H groups in total. The van der Waals surface area contributed by atoms with Crippen LogP contribution in [0.1, 0.15) is 12.5 Å². The third kappa shape index (κ3) is 2.81. The van der Waals surface area contributed by atoms with Crippen LogP contribution in [-0.2, 0) is 10.0 Å². The Kier molecular flexibility index (Phi) is 4.70. The van der Waals surface area contributed by atoms with Crippen LogP contribution < -0.4 is 4.74 Å². The summed E-state index contributed by atoms with van der Waals surface area (Å²) in [6.45, 7) is 3.52. The van der Waals surface area contributed by atoms with Gasteiger partial charge < -0.3 is 4.74 Å². The molecule has 0 radical (unpaired) electrons. The lowest BCUT2D eigenvalue weighted by atomic mass is 10.2. The van der Waals surface area contributed by atoms with Crippen LogP contribution >= 0.6 is 0 Å². The van der Waals surface area contributed by atoms with E-state index >= 15 is 0 Å². The van der Waals surface area contributed by atoms with E-state index in [2.05, 4.69) is 0 Å². The van der Waals surface area contributed by atoms with E-state index in [1.54, 1.807) is 26.0 Å². The number of nitriles is 1. The smallest absolute Gasteiger partial charge is 0.244 e. The normalized spacial score (nSPS) is 11.3. The van der Waals surface area contributed by atoms with Crippen LogP contribution in [0.3, 0.4) is 0 Å². The summed E-state index contributed by atoms with van der Waals surface area (Å²) in [6, 6.07) is 6.62. The summed E-state index contributed by atoms with van der Waals surface area (Å²) in [5, 5.41) is 8.65. The third-order valence-corrected chi connectivity index (χ3v) is 4.68. The molecule has 1 rings (SSSR count). The number of aryl methyl sites for hydroxylation is 1. The van der Waals surface area contributed by atoms with E-state index in [0.29, 0.717) is 11.3 Å². The van der Waals surface area contributed by atoms with Gasteiger partial charge in [0.2, 0.25) is 10.0 Å². The molecule has 0 saturated heterocycles. The molecule has 0 amide bonds. The van der Waals surface area contributed by atoms with E-state index in [4.69, 9.17) is 10.00 Å². The Balaban J connectivity index is 3.24. The Morgan fingerprint density at radius 3 is 2.56 bits per heavy atom. The summed E-state index contributed by atoms with van der Waals surface area (Å²) in [5.74, 6) is 0.606. The molecular formula is C12H16N2O3S. The van der Waals surface area contributed by atoms with Crippen molar-refractivity contribution in [2.75, 3.05) is 20.2 Å². The molecule has 0 bridgehead atoms. The molecule has 0 unspecified atom stereocenters. The number of methoxy groups -OCH3 is 1. The van der Waals surface area contributed by atoms with Gasteiger partial charge in [0, 0.05) is 6.54 Å². The molecule has 0 aliphatic rings. The predicted octanol–water partition coefficient (Wildman–Crippen LogP) is 1.54. The lowest BCUT2D eigenvalue weighted by Crippen LogP contribution is -2.31. The van der Waals surface area contributed by atoms with Gasteiger partial charge in [0.15, 0.2) is 0 Å². The van der Waals surface area contributed by atoms with Gasteiger partial charge in [-0.05, 0) is 30.7 Å². The van der Waals surface area contributed by atoms with Crippen molar-refractivity contribution in [1.29, 1.82) is 5.26 Å². The van der Waals surface area contributed by atoms with Gasteiger partial charge in [-0.3, -0.25) is 0 Å². The Morgan fingerprint density at radius 2 is 2.11 bits per heavy atom. The fraction of sp³-hybridized carbons (Fsp3) is 0.417. The minimum absolute atomic E-state index is 0.149.